The van der Waals surface area contributed by atoms with Crippen molar-refractivity contribution in [3.63, 3.8) is 0 Å². The van der Waals surface area contributed by atoms with Crippen LogP contribution < -0.4 is 46.1 Å². The topological polar surface area (TPSA) is 80.4 Å². The number of guanidine groups is 2. The summed E-state index contributed by atoms with van der Waals surface area (Å²) in [5.41, 5.74) is 2.06. The molecule has 6 heterocycles. The Kier molecular flexibility index (Phi) is 14.5. The second-order valence-corrected chi connectivity index (χ2v) is 15.5. The summed E-state index contributed by atoms with van der Waals surface area (Å²) in [4.78, 5) is 13.5. The van der Waals surface area contributed by atoms with Gasteiger partial charge in [0, 0.05) is 25.7 Å². The Balaban J connectivity index is 0.00000250. The average Bonchev–Trinajstić information content (AvgIpc) is 3.61. The number of carbonyl (C=O) groups is 1. The molecular weight excluding hydrogens is 631 g/mol. The minimum absolute atomic E-state index is 0. The van der Waals surface area contributed by atoms with Crippen LogP contribution in [-0.4, -0.2) is 75.4 Å². The van der Waals surface area contributed by atoms with Gasteiger partial charge in [0.2, 0.25) is 0 Å². The Hall–Kier alpha value is -1.67. The number of esters is 1. The second-order valence-electron chi connectivity index (χ2n) is 15.5. The lowest BCUT2D eigenvalue weighted by molar-refractivity contribution is -0.593. The van der Waals surface area contributed by atoms with E-state index in [0.717, 1.165) is 49.3 Å². The first-order chi connectivity index (χ1) is 21.9. The van der Waals surface area contributed by atoms with Gasteiger partial charge in [-0.1, -0.05) is 64.7 Å². The molecular formula is C37H64Cl2N6O2. The smallest absolute Gasteiger partial charge is 0.351 e. The van der Waals surface area contributed by atoms with Crippen LogP contribution in [0, 0.1) is 0 Å². The van der Waals surface area contributed by atoms with E-state index < -0.39 is 0 Å². The highest BCUT2D eigenvalue weighted by Gasteiger charge is 2.47. The number of allylic oxidation sites excluding steroid dienone is 1. The lowest BCUT2D eigenvalue weighted by Crippen LogP contribution is -3.00. The highest BCUT2D eigenvalue weighted by molar-refractivity contribution is 5.93. The van der Waals surface area contributed by atoms with Crippen LogP contribution in [0.4, 0.5) is 0 Å². The van der Waals surface area contributed by atoms with Crippen molar-refractivity contribution in [1.82, 2.24) is 21.3 Å². The molecule has 0 amide bonds. The van der Waals surface area contributed by atoms with Crippen molar-refractivity contribution in [2.75, 3.05) is 0 Å². The van der Waals surface area contributed by atoms with Gasteiger partial charge in [0.15, 0.2) is 0 Å². The Labute approximate surface area is 297 Å². The van der Waals surface area contributed by atoms with Crippen LogP contribution in [0.3, 0.4) is 0 Å². The third-order valence-electron chi connectivity index (χ3n) is 11.7. The van der Waals surface area contributed by atoms with Crippen LogP contribution in [0.2, 0.25) is 0 Å². The molecule has 8 atom stereocenters. The van der Waals surface area contributed by atoms with Crippen LogP contribution in [0.5, 0.6) is 0 Å². The van der Waals surface area contributed by atoms with E-state index in [9.17, 15) is 4.79 Å². The Morgan fingerprint density at radius 3 is 2.11 bits per heavy atom. The molecule has 0 spiro atoms. The van der Waals surface area contributed by atoms with Gasteiger partial charge in [-0.15, -0.1) is 0 Å². The molecule has 0 aromatic carbocycles. The number of hydrogen-bond donors (Lipinski definition) is 4. The van der Waals surface area contributed by atoms with Crippen LogP contribution >= 0.6 is 0 Å². The predicted octanol–water partition coefficient (Wildman–Crippen LogP) is -0.201. The summed E-state index contributed by atoms with van der Waals surface area (Å²) in [5.74, 6) is 2.32. The molecule has 47 heavy (non-hydrogen) atoms. The Morgan fingerprint density at radius 1 is 0.766 bits per heavy atom. The summed E-state index contributed by atoms with van der Waals surface area (Å²) in [7, 11) is 0. The molecule has 268 valence electrons. The Morgan fingerprint density at radius 2 is 1.38 bits per heavy atom. The quantitative estimate of drug-likeness (QED) is 0.102. The number of carbonyl (C=O) groups excluding carboxylic acids is 1. The van der Waals surface area contributed by atoms with Gasteiger partial charge in [-0.3, -0.25) is 25.8 Å². The van der Waals surface area contributed by atoms with Gasteiger partial charge in [-0.25, -0.2) is 9.37 Å². The highest BCUT2D eigenvalue weighted by atomic mass is 35.5. The van der Waals surface area contributed by atoms with E-state index in [0.29, 0.717) is 24.2 Å². The molecule has 0 saturated carbocycles. The first kappa shape index (κ1) is 38.1. The fourth-order valence-corrected chi connectivity index (χ4v) is 9.45. The maximum Gasteiger partial charge on any atom is 0.351 e. The maximum absolute atomic E-state index is 13.5. The summed E-state index contributed by atoms with van der Waals surface area (Å²) in [6.45, 7) is 8.81. The largest absolute Gasteiger partial charge is 1.00 e. The first-order valence-electron chi connectivity index (χ1n) is 19.2. The van der Waals surface area contributed by atoms with Gasteiger partial charge in [-0.2, -0.15) is 0 Å². The van der Waals surface area contributed by atoms with Crippen molar-refractivity contribution in [2.24, 2.45) is 0 Å². The van der Waals surface area contributed by atoms with Crippen LogP contribution in [-0.2, 0) is 9.53 Å². The summed E-state index contributed by atoms with van der Waals surface area (Å²) in [6.07, 6.45) is 25.0. The molecule has 2 saturated heterocycles. The van der Waals surface area contributed by atoms with Crippen LogP contribution in [0.25, 0.3) is 0 Å². The number of ether oxygens (including phenoxy) is 1. The average molecular weight is 696 g/mol. The van der Waals surface area contributed by atoms with Gasteiger partial charge >= 0.3 is 17.9 Å². The van der Waals surface area contributed by atoms with Crippen molar-refractivity contribution in [3.8, 4) is 0 Å². The highest BCUT2D eigenvalue weighted by Crippen LogP contribution is 2.35. The normalized spacial score (nSPS) is 30.9. The number of nitrogens with one attached hydrogen (secondary N) is 4. The van der Waals surface area contributed by atoms with Gasteiger partial charge in [0.25, 0.3) is 0 Å². The molecule has 6 aliphatic rings. The molecule has 6 rings (SSSR count). The number of rotatable bonds is 16. The van der Waals surface area contributed by atoms with Crippen molar-refractivity contribution < 1.29 is 43.5 Å². The SMILES string of the molecule is CCCCCCCCC[C@@H]1C[C@@H]2CCC3=C(C(=O)O[C@H](C)CCCCC[C@@H]4C[C@@H]5CC[C@@H]6C[C@H](C)NC(=[N+]65)N4)[C@@H](C)NC(=[N+]32)N1.[Cl-].[Cl-]. The van der Waals surface area contributed by atoms with E-state index in [2.05, 4.69) is 58.1 Å². The number of halogens is 2. The minimum Gasteiger partial charge on any atom is -1.00 e. The zero-order valence-corrected chi connectivity index (χ0v) is 31.2. The molecule has 0 aromatic heterocycles. The fraction of sp³-hybridized carbons (Fsp3) is 0.865. The van der Waals surface area contributed by atoms with Crippen LogP contribution in [0.1, 0.15) is 156 Å². The first-order valence-corrected chi connectivity index (χ1v) is 19.2. The van der Waals surface area contributed by atoms with Crippen LogP contribution in [0.15, 0.2) is 11.3 Å². The van der Waals surface area contributed by atoms with Gasteiger partial charge in [-0.05, 0) is 65.7 Å². The number of unbranched alkanes of at least 4 members (excludes halogenated alkanes) is 8. The molecule has 0 radical (unpaired) electrons. The fourth-order valence-electron chi connectivity index (χ4n) is 9.45. The van der Waals surface area contributed by atoms with Gasteiger partial charge in [0.05, 0.1) is 48.1 Å². The third kappa shape index (κ3) is 9.12. The maximum atomic E-state index is 13.5. The zero-order chi connectivity index (χ0) is 31.3. The lowest BCUT2D eigenvalue weighted by atomic mass is 9.97. The number of nitrogens with zero attached hydrogens (tertiary/aromatic N) is 2. The minimum atomic E-state index is -0.112. The molecule has 4 N–H and O–H groups in total. The van der Waals surface area contributed by atoms with E-state index in [4.69, 9.17) is 4.74 Å². The standard InChI is InChI=1S/C37H62N6O2.2ClH/c1-5-6-7-8-9-10-13-16-29-24-32-20-21-33-34(27(4)39-37(41-29)43(32)33)35(44)45-26(3)15-12-11-14-17-28-23-31-19-18-30-22-25(2)38-36(40-28)42(30)31;;/h25-32H,5-24H2,1-4H3,(H2,38,39,40,41);2*1H/t25-,26+,27+,28+,29+,30+,31-,32-;;/m0../s1. The number of hydrogen-bond acceptors (Lipinski definition) is 6. The van der Waals surface area contributed by atoms with Gasteiger partial charge in [0.1, 0.15) is 11.6 Å². The molecule has 0 unspecified atom stereocenters. The predicted molar refractivity (Wildman–Crippen MR) is 182 cm³/mol. The van der Waals surface area contributed by atoms with Gasteiger partial charge < -0.3 is 29.6 Å². The van der Waals surface area contributed by atoms with Crippen molar-refractivity contribution in [3.05, 3.63) is 11.3 Å². The second kappa shape index (κ2) is 17.8. The zero-order valence-electron chi connectivity index (χ0n) is 29.7. The van der Waals surface area contributed by atoms with E-state index in [1.54, 1.807) is 0 Å². The van der Waals surface area contributed by atoms with E-state index in [-0.39, 0.29) is 42.9 Å². The molecule has 0 bridgehead atoms. The molecule has 10 heteroatoms. The molecule has 6 aliphatic heterocycles. The van der Waals surface area contributed by atoms with E-state index >= 15 is 0 Å². The third-order valence-corrected chi connectivity index (χ3v) is 11.7. The summed E-state index contributed by atoms with van der Waals surface area (Å²) in [5, 5.41) is 15.0. The molecule has 0 aliphatic carbocycles. The van der Waals surface area contributed by atoms with Crippen molar-refractivity contribution >= 4 is 17.9 Å². The van der Waals surface area contributed by atoms with E-state index in [1.807, 2.05) is 0 Å². The van der Waals surface area contributed by atoms with Crippen molar-refractivity contribution in [2.45, 2.75) is 205 Å². The monoisotopic (exact) mass is 694 g/mol. The summed E-state index contributed by atoms with van der Waals surface area (Å²) >= 11 is 0. The summed E-state index contributed by atoms with van der Waals surface area (Å²) < 4.78 is 11.2. The molecule has 2 fully saturated rings. The molecule has 8 nitrogen and oxygen atoms in total. The lowest BCUT2D eigenvalue weighted by Gasteiger charge is -2.35. The molecule has 0 aromatic rings. The van der Waals surface area contributed by atoms with Crippen molar-refractivity contribution in [1.29, 1.82) is 0 Å². The van der Waals surface area contributed by atoms with E-state index in [1.165, 1.54) is 114 Å². The Bertz CT molecular complexity index is 1160. The summed E-state index contributed by atoms with van der Waals surface area (Å²) in [6, 6.07) is 3.63.